The molecule has 0 bridgehead atoms. The van der Waals surface area contributed by atoms with E-state index in [9.17, 15) is 19.5 Å². The van der Waals surface area contributed by atoms with Crippen molar-refractivity contribution in [1.82, 2.24) is 10.2 Å². The first-order chi connectivity index (χ1) is 17.7. The molecule has 4 N–H and O–H groups in total. The normalized spacial score (nSPS) is 21.4. The summed E-state index contributed by atoms with van der Waals surface area (Å²) < 4.78 is -0.578. The van der Waals surface area contributed by atoms with Crippen LogP contribution in [0.2, 0.25) is 0 Å². The second kappa shape index (κ2) is 11.2. The first-order valence-electron chi connectivity index (χ1n) is 12.1. The van der Waals surface area contributed by atoms with Gasteiger partial charge in [-0.2, -0.15) is 0 Å². The van der Waals surface area contributed by atoms with Gasteiger partial charge in [0.25, 0.3) is 0 Å². The van der Waals surface area contributed by atoms with Crippen LogP contribution in [0.1, 0.15) is 36.6 Å². The van der Waals surface area contributed by atoms with Gasteiger partial charge < -0.3 is 21.1 Å². The molecular weight excluding hydrogens is 486 g/mol. The lowest BCUT2D eigenvalue weighted by atomic mass is 9.96. The summed E-state index contributed by atoms with van der Waals surface area (Å²) in [5, 5.41) is 11.8. The van der Waals surface area contributed by atoms with Gasteiger partial charge in [-0.3, -0.25) is 9.59 Å². The summed E-state index contributed by atoms with van der Waals surface area (Å²) in [6.07, 6.45) is 0.202. The molecule has 0 aliphatic carbocycles. The smallest absolute Gasteiger partial charge is 0.327 e. The predicted molar refractivity (Wildman–Crippen MR) is 145 cm³/mol. The number of carbonyl (C=O) groups is 3. The van der Waals surface area contributed by atoms with Crippen molar-refractivity contribution in [3.05, 3.63) is 108 Å². The average Bonchev–Trinajstić information content (AvgIpc) is 3.16. The molecule has 2 fully saturated rings. The Morgan fingerprint density at radius 3 is 1.92 bits per heavy atom. The van der Waals surface area contributed by atoms with Crippen LogP contribution in [0.15, 0.2) is 91.0 Å². The quantitative estimate of drug-likeness (QED) is 0.431. The van der Waals surface area contributed by atoms with Gasteiger partial charge >= 0.3 is 5.97 Å². The molecule has 0 spiro atoms. The maximum absolute atomic E-state index is 12.3. The fraction of sp³-hybridized carbons (Fsp3) is 0.276. The van der Waals surface area contributed by atoms with E-state index in [1.807, 2.05) is 80.6 Å². The van der Waals surface area contributed by atoms with E-state index in [1.165, 1.54) is 16.7 Å². The number of hydrogen-bond donors (Lipinski definition) is 3. The van der Waals surface area contributed by atoms with Crippen molar-refractivity contribution in [3.63, 3.8) is 0 Å². The van der Waals surface area contributed by atoms with Gasteiger partial charge in [-0.25, -0.2) is 4.79 Å². The second-order valence-electron chi connectivity index (χ2n) is 9.60. The summed E-state index contributed by atoms with van der Waals surface area (Å²) in [7, 11) is 0. The number of amides is 2. The van der Waals surface area contributed by atoms with Crippen molar-refractivity contribution in [2.45, 2.75) is 48.5 Å². The number of β-lactam (4-membered cyclic amide) rings is 1. The summed E-state index contributed by atoms with van der Waals surface area (Å²) >= 11 is 1.42. The molecule has 5 rings (SSSR count). The molecule has 2 aliphatic rings. The SMILES string of the molecule is CC1(C)SC2C(NC(=O)Cc3ccccc3)C(=O)N2C1C(=O)O.NC(c1ccccc1)c1ccccc1. The van der Waals surface area contributed by atoms with Gasteiger partial charge in [0, 0.05) is 4.75 Å². The van der Waals surface area contributed by atoms with Crippen LogP contribution in [0.3, 0.4) is 0 Å². The van der Waals surface area contributed by atoms with E-state index in [1.54, 1.807) is 0 Å². The van der Waals surface area contributed by atoms with Crippen LogP contribution >= 0.6 is 11.8 Å². The molecular formula is C29H31N3O4S. The number of carbonyl (C=O) groups excluding carboxylic acids is 2. The topological polar surface area (TPSA) is 113 Å². The zero-order valence-corrected chi connectivity index (χ0v) is 21.6. The van der Waals surface area contributed by atoms with Gasteiger partial charge in [0.15, 0.2) is 0 Å². The zero-order chi connectivity index (χ0) is 26.6. The third-order valence-corrected chi connectivity index (χ3v) is 8.09. The Morgan fingerprint density at radius 1 is 0.946 bits per heavy atom. The van der Waals surface area contributed by atoms with Crippen molar-refractivity contribution in [3.8, 4) is 0 Å². The molecule has 2 saturated heterocycles. The number of nitrogens with zero attached hydrogens (tertiary/aromatic N) is 1. The molecule has 192 valence electrons. The molecule has 2 heterocycles. The highest BCUT2D eigenvalue weighted by molar-refractivity contribution is 8.01. The number of hydrogen-bond acceptors (Lipinski definition) is 5. The third-order valence-electron chi connectivity index (χ3n) is 6.52. The largest absolute Gasteiger partial charge is 0.480 e. The average molecular weight is 518 g/mol. The minimum absolute atomic E-state index is 0.0163. The van der Waals surface area contributed by atoms with Crippen LogP contribution in [0.4, 0.5) is 0 Å². The maximum atomic E-state index is 12.3. The molecule has 0 aromatic heterocycles. The van der Waals surface area contributed by atoms with Gasteiger partial charge in [-0.05, 0) is 30.5 Å². The van der Waals surface area contributed by atoms with Crippen LogP contribution in [-0.2, 0) is 20.8 Å². The summed E-state index contributed by atoms with van der Waals surface area (Å²) in [6.45, 7) is 3.62. The van der Waals surface area contributed by atoms with E-state index in [-0.39, 0.29) is 29.7 Å². The molecule has 37 heavy (non-hydrogen) atoms. The first kappa shape index (κ1) is 26.4. The summed E-state index contributed by atoms with van der Waals surface area (Å²) in [5.41, 5.74) is 9.29. The Morgan fingerprint density at radius 2 is 1.43 bits per heavy atom. The zero-order valence-electron chi connectivity index (χ0n) is 20.8. The van der Waals surface area contributed by atoms with Crippen LogP contribution in [0.25, 0.3) is 0 Å². The predicted octanol–water partition coefficient (Wildman–Crippen LogP) is 3.60. The molecule has 3 atom stereocenters. The Kier molecular flexibility index (Phi) is 8.00. The third kappa shape index (κ3) is 5.87. The van der Waals surface area contributed by atoms with Gasteiger partial charge in [0.1, 0.15) is 17.5 Å². The number of thioether (sulfide) groups is 1. The lowest BCUT2D eigenvalue weighted by Gasteiger charge is -2.43. The molecule has 8 heteroatoms. The number of benzene rings is 3. The molecule has 2 aliphatic heterocycles. The molecule has 7 nitrogen and oxygen atoms in total. The Balaban J connectivity index is 0.000000195. The highest BCUT2D eigenvalue weighted by atomic mass is 32.2. The van der Waals surface area contributed by atoms with Crippen LogP contribution in [0, 0.1) is 0 Å². The van der Waals surface area contributed by atoms with Gasteiger partial charge in [-0.15, -0.1) is 11.8 Å². The monoisotopic (exact) mass is 517 g/mol. The fourth-order valence-electron chi connectivity index (χ4n) is 4.66. The number of nitrogens with one attached hydrogen (secondary N) is 1. The van der Waals surface area contributed by atoms with Gasteiger partial charge in [0.05, 0.1) is 12.5 Å². The summed E-state index contributed by atoms with van der Waals surface area (Å²) in [6, 6.07) is 28.0. The van der Waals surface area contributed by atoms with Crippen LogP contribution < -0.4 is 11.1 Å². The second-order valence-corrected chi connectivity index (χ2v) is 11.4. The Labute approximate surface area is 221 Å². The highest BCUT2D eigenvalue weighted by Gasteiger charge is 2.64. The van der Waals surface area contributed by atoms with Crippen molar-refractivity contribution in [2.24, 2.45) is 5.73 Å². The van der Waals surface area contributed by atoms with Crippen molar-refractivity contribution in [1.29, 1.82) is 0 Å². The Hall–Kier alpha value is -3.62. The molecule has 2 amide bonds. The standard InChI is InChI=1S/C16H18N2O4S.C13H13N/c1-16(2)12(15(21)22)18-13(20)11(14(18)23-16)17-10(19)8-9-6-4-3-5-7-9;14-13(11-7-3-1-4-8-11)12-9-5-2-6-10-12/h3-7,11-12,14H,8H2,1-2H3,(H,17,19)(H,21,22);1-10,13H,14H2. The molecule has 0 radical (unpaired) electrons. The number of aliphatic carboxylic acids is 1. The van der Waals surface area contributed by atoms with Gasteiger partial charge in [-0.1, -0.05) is 91.0 Å². The first-order valence-corrected chi connectivity index (χ1v) is 13.0. The van der Waals surface area contributed by atoms with Crippen molar-refractivity contribution in [2.75, 3.05) is 0 Å². The van der Waals surface area contributed by atoms with Gasteiger partial charge in [0.2, 0.25) is 11.8 Å². The minimum atomic E-state index is -1.01. The summed E-state index contributed by atoms with van der Waals surface area (Å²) in [5.74, 6) is -1.55. The van der Waals surface area contributed by atoms with Crippen LogP contribution in [-0.4, -0.2) is 50.0 Å². The highest BCUT2D eigenvalue weighted by Crippen LogP contribution is 2.50. The lowest BCUT2D eigenvalue weighted by molar-refractivity contribution is -0.161. The minimum Gasteiger partial charge on any atom is -0.480 e. The maximum Gasteiger partial charge on any atom is 0.327 e. The number of rotatable bonds is 6. The molecule has 3 unspecified atom stereocenters. The van der Waals surface area contributed by atoms with E-state index in [2.05, 4.69) is 29.6 Å². The fourth-order valence-corrected chi connectivity index (χ4v) is 6.29. The molecule has 3 aromatic rings. The van der Waals surface area contributed by atoms with Crippen molar-refractivity contribution < 1.29 is 19.5 Å². The summed E-state index contributed by atoms with van der Waals surface area (Å²) in [4.78, 5) is 37.2. The molecule has 0 saturated carbocycles. The van der Waals surface area contributed by atoms with Crippen molar-refractivity contribution >= 4 is 29.5 Å². The number of nitrogens with two attached hydrogens (primary N) is 1. The van der Waals surface area contributed by atoms with E-state index in [4.69, 9.17) is 5.73 Å². The number of carboxylic acids is 1. The van der Waals surface area contributed by atoms with E-state index >= 15 is 0 Å². The molecule has 3 aromatic carbocycles. The Bertz CT molecular complexity index is 1200. The lowest BCUT2D eigenvalue weighted by Crippen LogP contribution is -2.70. The van der Waals surface area contributed by atoms with Crippen LogP contribution in [0.5, 0.6) is 0 Å². The number of fused-ring (bicyclic) bond motifs is 1. The van der Waals surface area contributed by atoms with E-state index < -0.39 is 22.8 Å². The van der Waals surface area contributed by atoms with E-state index in [0.717, 1.165) is 16.7 Å². The van der Waals surface area contributed by atoms with E-state index in [0.29, 0.717) is 0 Å². The number of carboxylic acid groups (broad SMARTS) is 1.